The van der Waals surface area contributed by atoms with Crippen LogP contribution in [0.4, 0.5) is 5.95 Å². The lowest BCUT2D eigenvalue weighted by molar-refractivity contribution is -0.167. The summed E-state index contributed by atoms with van der Waals surface area (Å²) in [6.07, 6.45) is 13.2. The highest BCUT2D eigenvalue weighted by molar-refractivity contribution is 5.86. The van der Waals surface area contributed by atoms with E-state index in [0.717, 1.165) is 69.7 Å². The summed E-state index contributed by atoms with van der Waals surface area (Å²) in [5.74, 6) is 2.69. The van der Waals surface area contributed by atoms with Crippen molar-refractivity contribution in [3.63, 3.8) is 0 Å². The summed E-state index contributed by atoms with van der Waals surface area (Å²) in [6, 6.07) is 0. The van der Waals surface area contributed by atoms with Crippen molar-refractivity contribution in [2.75, 3.05) is 24.5 Å². The molecular weight excluding hydrogens is 376 g/mol. The molecule has 1 spiro atoms. The topological polar surface area (TPSA) is 69.6 Å². The number of nitrogens with zero attached hydrogens (tertiary/aromatic N) is 4. The minimum absolute atomic E-state index is 0.0257. The zero-order chi connectivity index (χ0) is 20.5. The number of anilines is 1. The van der Waals surface area contributed by atoms with Crippen LogP contribution in [0.1, 0.15) is 63.9 Å². The van der Waals surface area contributed by atoms with Crippen LogP contribution in [0, 0.1) is 23.2 Å². The third-order valence-corrected chi connectivity index (χ3v) is 9.24. The molecule has 4 bridgehead atoms. The fraction of sp³-hybridized carbons (Fsp3) is 0.792. The number of rotatable bonds is 3. The molecule has 1 amide bonds. The highest BCUT2D eigenvalue weighted by Gasteiger charge is 2.62. The van der Waals surface area contributed by atoms with Gasteiger partial charge in [-0.05, 0) is 81.1 Å². The SMILES string of the molecule is CCc1cnc(N2CCCC3(CCN(C45CC6CC(C4)C(O)C(C6)C5)C3=O)C2)nc1. The van der Waals surface area contributed by atoms with Crippen molar-refractivity contribution >= 4 is 11.9 Å². The first-order chi connectivity index (χ1) is 14.5. The van der Waals surface area contributed by atoms with Gasteiger partial charge in [-0.2, -0.15) is 0 Å². The summed E-state index contributed by atoms with van der Waals surface area (Å²) in [5, 5.41) is 10.7. The lowest BCUT2D eigenvalue weighted by Crippen LogP contribution is -2.65. The molecule has 6 heteroatoms. The second kappa shape index (κ2) is 6.65. The number of carbonyl (C=O) groups is 1. The molecule has 7 rings (SSSR count). The van der Waals surface area contributed by atoms with Gasteiger partial charge in [0.15, 0.2) is 0 Å². The molecule has 1 aromatic heterocycles. The molecule has 2 aliphatic heterocycles. The molecule has 3 unspecified atom stereocenters. The first-order valence-corrected chi connectivity index (χ1v) is 12.1. The Morgan fingerprint density at radius 1 is 1.10 bits per heavy atom. The molecular formula is C24H34N4O2. The summed E-state index contributed by atoms with van der Waals surface area (Å²) < 4.78 is 0. The molecule has 3 heterocycles. The molecule has 3 atom stereocenters. The van der Waals surface area contributed by atoms with E-state index in [-0.39, 0.29) is 17.1 Å². The molecule has 0 radical (unpaired) electrons. The second-order valence-corrected chi connectivity index (χ2v) is 10.9. The minimum Gasteiger partial charge on any atom is -0.393 e. The van der Waals surface area contributed by atoms with Crippen LogP contribution in [0.15, 0.2) is 12.4 Å². The number of hydrogen-bond acceptors (Lipinski definition) is 5. The zero-order valence-corrected chi connectivity index (χ0v) is 18.1. The third kappa shape index (κ3) is 2.68. The molecule has 162 valence electrons. The quantitative estimate of drug-likeness (QED) is 0.830. The molecule has 30 heavy (non-hydrogen) atoms. The van der Waals surface area contributed by atoms with Crippen molar-refractivity contribution < 1.29 is 9.90 Å². The van der Waals surface area contributed by atoms with E-state index in [9.17, 15) is 9.90 Å². The maximum Gasteiger partial charge on any atom is 0.231 e. The number of piperidine rings is 1. The van der Waals surface area contributed by atoms with Crippen LogP contribution in [-0.4, -0.2) is 57.2 Å². The maximum absolute atomic E-state index is 14.0. The molecule has 1 aromatic rings. The predicted molar refractivity (Wildman–Crippen MR) is 114 cm³/mol. The second-order valence-electron chi connectivity index (χ2n) is 10.9. The van der Waals surface area contributed by atoms with Gasteiger partial charge in [0.1, 0.15) is 0 Å². The Labute approximate surface area is 179 Å². The Hall–Kier alpha value is -1.69. The van der Waals surface area contributed by atoms with Crippen molar-refractivity contribution in [2.45, 2.75) is 76.4 Å². The first kappa shape index (κ1) is 19.0. The number of carbonyl (C=O) groups excluding carboxylic acids is 1. The van der Waals surface area contributed by atoms with Gasteiger partial charge < -0.3 is 14.9 Å². The van der Waals surface area contributed by atoms with Gasteiger partial charge >= 0.3 is 0 Å². The van der Waals surface area contributed by atoms with Crippen LogP contribution in [0.3, 0.4) is 0 Å². The monoisotopic (exact) mass is 410 g/mol. The largest absolute Gasteiger partial charge is 0.393 e. The summed E-state index contributed by atoms with van der Waals surface area (Å²) in [7, 11) is 0. The number of likely N-dealkylation sites (tertiary alicyclic amines) is 1. The van der Waals surface area contributed by atoms with Crippen molar-refractivity contribution in [1.82, 2.24) is 14.9 Å². The van der Waals surface area contributed by atoms with Gasteiger partial charge in [0.05, 0.1) is 11.5 Å². The summed E-state index contributed by atoms with van der Waals surface area (Å²) in [6.45, 7) is 4.70. The van der Waals surface area contributed by atoms with Crippen LogP contribution in [0.5, 0.6) is 0 Å². The Bertz CT molecular complexity index is 826. The van der Waals surface area contributed by atoms with Crippen molar-refractivity contribution in [2.24, 2.45) is 23.2 Å². The van der Waals surface area contributed by atoms with Gasteiger partial charge in [-0.25, -0.2) is 9.97 Å². The average molecular weight is 411 g/mol. The lowest BCUT2D eigenvalue weighted by Gasteiger charge is -2.61. The zero-order valence-electron chi connectivity index (χ0n) is 18.1. The predicted octanol–water partition coefficient (Wildman–Crippen LogP) is 2.80. The number of aryl methyl sites for hydroxylation is 1. The number of aromatic nitrogens is 2. The van der Waals surface area contributed by atoms with Gasteiger partial charge in [-0.3, -0.25) is 4.79 Å². The summed E-state index contributed by atoms with van der Waals surface area (Å²) in [5.41, 5.74) is 0.905. The Morgan fingerprint density at radius 2 is 1.83 bits per heavy atom. The lowest BCUT2D eigenvalue weighted by atomic mass is 9.51. The van der Waals surface area contributed by atoms with Gasteiger partial charge in [-0.15, -0.1) is 0 Å². The highest BCUT2D eigenvalue weighted by Crippen LogP contribution is 2.59. The number of amides is 1. The molecule has 6 nitrogen and oxygen atoms in total. The van der Waals surface area contributed by atoms with Crippen LogP contribution in [0.2, 0.25) is 0 Å². The number of hydrogen-bond donors (Lipinski definition) is 1. The highest BCUT2D eigenvalue weighted by atomic mass is 16.3. The molecule has 2 saturated heterocycles. The normalized spacial score (nSPS) is 42.5. The van der Waals surface area contributed by atoms with Crippen molar-refractivity contribution in [3.05, 3.63) is 18.0 Å². The van der Waals surface area contributed by atoms with E-state index in [4.69, 9.17) is 0 Å². The van der Waals surface area contributed by atoms with E-state index < -0.39 is 0 Å². The molecule has 1 N–H and O–H groups in total. The molecule has 0 aromatic carbocycles. The molecule has 6 fully saturated rings. The van der Waals surface area contributed by atoms with Gasteiger partial charge in [-0.1, -0.05) is 6.92 Å². The van der Waals surface area contributed by atoms with Gasteiger partial charge in [0, 0.05) is 37.6 Å². The molecule has 4 aliphatic carbocycles. The van der Waals surface area contributed by atoms with Crippen LogP contribution < -0.4 is 4.90 Å². The summed E-state index contributed by atoms with van der Waals surface area (Å²) in [4.78, 5) is 27.7. The number of aliphatic hydroxyl groups is 1. The van der Waals surface area contributed by atoms with Crippen LogP contribution in [-0.2, 0) is 11.2 Å². The first-order valence-electron chi connectivity index (χ1n) is 12.1. The maximum atomic E-state index is 14.0. The van der Waals surface area contributed by atoms with Crippen LogP contribution >= 0.6 is 0 Å². The standard InChI is InChI=1S/C24H34N4O2/c1-2-16-13-25-22(26-14-16)27-6-3-4-23(15-27)5-7-28(21(23)30)24-10-17-8-18(11-24)20(29)19(9-17)12-24/h13-14,17-20,29H,2-12,15H2,1H3. The molecule has 4 saturated carbocycles. The van der Waals surface area contributed by atoms with E-state index in [1.807, 2.05) is 12.4 Å². The Balaban J connectivity index is 1.24. The molecule has 6 aliphatic rings. The van der Waals surface area contributed by atoms with Crippen LogP contribution in [0.25, 0.3) is 0 Å². The van der Waals surface area contributed by atoms with Crippen molar-refractivity contribution in [3.8, 4) is 0 Å². The van der Waals surface area contributed by atoms with E-state index in [1.165, 1.54) is 19.3 Å². The Morgan fingerprint density at radius 3 is 2.53 bits per heavy atom. The fourth-order valence-electron chi connectivity index (χ4n) is 7.93. The van der Waals surface area contributed by atoms with E-state index in [1.54, 1.807) is 0 Å². The summed E-state index contributed by atoms with van der Waals surface area (Å²) >= 11 is 0. The van der Waals surface area contributed by atoms with Gasteiger partial charge in [0.2, 0.25) is 11.9 Å². The smallest absolute Gasteiger partial charge is 0.231 e. The van der Waals surface area contributed by atoms with Gasteiger partial charge in [0.25, 0.3) is 0 Å². The third-order valence-electron chi connectivity index (χ3n) is 9.24. The Kier molecular flexibility index (Phi) is 4.22. The van der Waals surface area contributed by atoms with E-state index in [0.29, 0.717) is 23.7 Å². The van der Waals surface area contributed by atoms with Crippen molar-refractivity contribution in [1.29, 1.82) is 0 Å². The van der Waals surface area contributed by atoms with E-state index >= 15 is 0 Å². The van der Waals surface area contributed by atoms with E-state index in [2.05, 4.69) is 26.7 Å². The minimum atomic E-state index is -0.271. The fourth-order valence-corrected chi connectivity index (χ4v) is 7.93. The average Bonchev–Trinajstić information content (AvgIpc) is 3.07. The number of aliphatic hydroxyl groups excluding tert-OH is 1.